The van der Waals surface area contributed by atoms with Crippen LogP contribution in [-0.4, -0.2) is 49.0 Å². The van der Waals surface area contributed by atoms with E-state index in [0.29, 0.717) is 24.3 Å². The van der Waals surface area contributed by atoms with E-state index < -0.39 is 0 Å². The Kier molecular flexibility index (Phi) is 5.31. The van der Waals surface area contributed by atoms with Crippen LogP contribution in [0.15, 0.2) is 42.5 Å². The van der Waals surface area contributed by atoms with Crippen molar-refractivity contribution in [3.8, 4) is 5.75 Å². The number of carbonyl (C=O) groups excluding carboxylic acids is 3. The first-order valence-electron chi connectivity index (χ1n) is 9.60. The number of methoxy groups -OCH3 is 1. The number of fused-ring (bicyclic) bond motifs is 1. The number of ether oxygens (including phenoxy) is 2. The van der Waals surface area contributed by atoms with Crippen LogP contribution in [0.3, 0.4) is 0 Å². The summed E-state index contributed by atoms with van der Waals surface area (Å²) in [7, 11) is 1.60. The Morgan fingerprint density at radius 3 is 2.59 bits per heavy atom. The Bertz CT molecular complexity index is 948. The molecule has 29 heavy (non-hydrogen) atoms. The van der Waals surface area contributed by atoms with Crippen LogP contribution in [0.4, 0.5) is 0 Å². The van der Waals surface area contributed by atoms with Gasteiger partial charge in [0.15, 0.2) is 0 Å². The Morgan fingerprint density at radius 2 is 1.90 bits per heavy atom. The Hall–Kier alpha value is -3.19. The quantitative estimate of drug-likeness (QED) is 0.761. The van der Waals surface area contributed by atoms with E-state index in [1.54, 1.807) is 19.2 Å². The smallest absolute Gasteiger partial charge is 0.261 e. The van der Waals surface area contributed by atoms with Gasteiger partial charge in [-0.15, -0.1) is 0 Å². The highest BCUT2D eigenvalue weighted by atomic mass is 16.5. The number of nitrogens with one attached hydrogen (secondary N) is 1. The summed E-state index contributed by atoms with van der Waals surface area (Å²) in [5.74, 6) is -0.258. The third-order valence-electron chi connectivity index (χ3n) is 5.26. The number of rotatable bonds is 6. The lowest BCUT2D eigenvalue weighted by atomic mass is 10.1. The lowest BCUT2D eigenvalue weighted by Gasteiger charge is -2.17. The van der Waals surface area contributed by atoms with Crippen LogP contribution >= 0.6 is 0 Å². The number of imide groups is 1. The summed E-state index contributed by atoms with van der Waals surface area (Å²) < 4.78 is 10.7. The standard InChI is InChI=1S/C22H22N2O5/c1-28-16-7-4-14(5-8-16)12-23-20(25)15-6-9-18-19(11-15)22(27)24(21(18)26)13-17-3-2-10-29-17/h4-9,11,17H,2-3,10,12-13H2,1H3,(H,23,25)/t17-/m1/s1. The van der Waals surface area contributed by atoms with E-state index in [9.17, 15) is 14.4 Å². The minimum absolute atomic E-state index is 0.107. The third-order valence-corrected chi connectivity index (χ3v) is 5.26. The van der Waals surface area contributed by atoms with Crippen molar-refractivity contribution >= 4 is 17.7 Å². The second-order valence-corrected chi connectivity index (χ2v) is 7.15. The zero-order chi connectivity index (χ0) is 20.4. The summed E-state index contributed by atoms with van der Waals surface area (Å²) in [5, 5.41) is 2.83. The number of hydrogen-bond donors (Lipinski definition) is 1. The number of benzene rings is 2. The predicted molar refractivity (Wildman–Crippen MR) is 105 cm³/mol. The molecule has 0 spiro atoms. The molecule has 0 bridgehead atoms. The van der Waals surface area contributed by atoms with Gasteiger partial charge >= 0.3 is 0 Å². The topological polar surface area (TPSA) is 84.9 Å². The van der Waals surface area contributed by atoms with Gasteiger partial charge in [-0.2, -0.15) is 0 Å². The van der Waals surface area contributed by atoms with Crippen molar-refractivity contribution in [2.24, 2.45) is 0 Å². The summed E-state index contributed by atoms with van der Waals surface area (Å²) in [5.41, 5.74) is 1.87. The molecule has 7 heteroatoms. The first-order chi connectivity index (χ1) is 14.1. The van der Waals surface area contributed by atoms with Crippen molar-refractivity contribution in [2.75, 3.05) is 20.3 Å². The minimum Gasteiger partial charge on any atom is -0.497 e. The molecule has 150 valence electrons. The molecule has 2 aromatic carbocycles. The van der Waals surface area contributed by atoms with Gasteiger partial charge in [-0.05, 0) is 48.7 Å². The molecule has 2 aliphatic heterocycles. The van der Waals surface area contributed by atoms with Crippen molar-refractivity contribution in [1.29, 1.82) is 0 Å². The SMILES string of the molecule is COc1ccc(CNC(=O)c2ccc3c(c2)C(=O)N(C[C@H]2CCCO2)C3=O)cc1. The highest BCUT2D eigenvalue weighted by Gasteiger charge is 2.37. The van der Waals surface area contributed by atoms with Gasteiger partial charge in [0, 0.05) is 18.7 Å². The molecule has 4 rings (SSSR count). The van der Waals surface area contributed by atoms with Crippen molar-refractivity contribution in [1.82, 2.24) is 10.2 Å². The molecule has 2 heterocycles. The van der Waals surface area contributed by atoms with E-state index in [1.807, 2.05) is 24.3 Å². The van der Waals surface area contributed by atoms with Crippen LogP contribution in [0.5, 0.6) is 5.75 Å². The number of nitrogens with zero attached hydrogens (tertiary/aromatic N) is 1. The molecular weight excluding hydrogens is 372 g/mol. The summed E-state index contributed by atoms with van der Waals surface area (Å²) >= 11 is 0. The molecule has 3 amide bonds. The van der Waals surface area contributed by atoms with Gasteiger partial charge < -0.3 is 14.8 Å². The van der Waals surface area contributed by atoms with E-state index in [4.69, 9.17) is 9.47 Å². The first-order valence-corrected chi connectivity index (χ1v) is 9.60. The normalized spacial score (nSPS) is 18.1. The Labute approximate surface area is 168 Å². The maximum Gasteiger partial charge on any atom is 0.261 e. The summed E-state index contributed by atoms with van der Waals surface area (Å²) in [6.07, 6.45) is 1.67. The molecule has 1 atom stereocenters. The van der Waals surface area contributed by atoms with Gasteiger partial charge in [0.25, 0.3) is 17.7 Å². The molecule has 1 N–H and O–H groups in total. The fourth-order valence-electron chi connectivity index (χ4n) is 3.62. The van der Waals surface area contributed by atoms with E-state index in [2.05, 4.69) is 5.32 Å². The van der Waals surface area contributed by atoms with Gasteiger partial charge in [0.2, 0.25) is 0 Å². The second-order valence-electron chi connectivity index (χ2n) is 7.15. The van der Waals surface area contributed by atoms with Crippen molar-refractivity contribution in [3.05, 3.63) is 64.7 Å². The largest absolute Gasteiger partial charge is 0.497 e. The van der Waals surface area contributed by atoms with E-state index in [-0.39, 0.29) is 35.9 Å². The molecule has 0 radical (unpaired) electrons. The van der Waals surface area contributed by atoms with Crippen molar-refractivity contribution < 1.29 is 23.9 Å². The molecular formula is C22H22N2O5. The molecule has 0 aliphatic carbocycles. The van der Waals surface area contributed by atoms with Crippen molar-refractivity contribution in [3.63, 3.8) is 0 Å². The summed E-state index contributed by atoms with van der Waals surface area (Å²) in [6.45, 7) is 1.26. The van der Waals surface area contributed by atoms with E-state index in [1.165, 1.54) is 11.0 Å². The lowest BCUT2D eigenvalue weighted by Crippen LogP contribution is -2.36. The zero-order valence-corrected chi connectivity index (χ0v) is 16.1. The number of amides is 3. The van der Waals surface area contributed by atoms with E-state index in [0.717, 1.165) is 24.2 Å². The molecule has 0 aromatic heterocycles. The maximum atomic E-state index is 12.7. The van der Waals surface area contributed by atoms with Crippen LogP contribution in [0, 0.1) is 0 Å². The molecule has 7 nitrogen and oxygen atoms in total. The lowest BCUT2D eigenvalue weighted by molar-refractivity contribution is 0.0475. The second kappa shape index (κ2) is 8.05. The molecule has 1 saturated heterocycles. The van der Waals surface area contributed by atoms with Gasteiger partial charge in [0.1, 0.15) is 5.75 Å². The van der Waals surface area contributed by atoms with Gasteiger partial charge in [-0.25, -0.2) is 0 Å². The molecule has 1 fully saturated rings. The van der Waals surface area contributed by atoms with Gasteiger partial charge in [-0.3, -0.25) is 19.3 Å². The fraction of sp³-hybridized carbons (Fsp3) is 0.318. The number of carbonyl (C=O) groups is 3. The maximum absolute atomic E-state index is 12.7. The minimum atomic E-state index is -0.370. The zero-order valence-electron chi connectivity index (χ0n) is 16.1. The van der Waals surface area contributed by atoms with Crippen LogP contribution in [0.25, 0.3) is 0 Å². The van der Waals surface area contributed by atoms with Crippen molar-refractivity contribution in [2.45, 2.75) is 25.5 Å². The van der Waals surface area contributed by atoms with Crippen LogP contribution in [0.2, 0.25) is 0 Å². The molecule has 2 aliphatic rings. The monoisotopic (exact) mass is 394 g/mol. The first kappa shape index (κ1) is 19.1. The van der Waals surface area contributed by atoms with Crippen LogP contribution in [-0.2, 0) is 11.3 Å². The van der Waals surface area contributed by atoms with Crippen LogP contribution < -0.4 is 10.1 Å². The highest BCUT2D eigenvalue weighted by Crippen LogP contribution is 2.26. The van der Waals surface area contributed by atoms with Gasteiger partial charge in [-0.1, -0.05) is 12.1 Å². The summed E-state index contributed by atoms with van der Waals surface area (Å²) in [6, 6.07) is 12.0. The predicted octanol–water partition coefficient (Wildman–Crippen LogP) is 2.40. The molecule has 0 saturated carbocycles. The Morgan fingerprint density at radius 1 is 1.14 bits per heavy atom. The molecule has 0 unspecified atom stereocenters. The van der Waals surface area contributed by atoms with Gasteiger partial charge in [0.05, 0.1) is 30.9 Å². The van der Waals surface area contributed by atoms with E-state index >= 15 is 0 Å². The Balaban J connectivity index is 1.44. The third kappa shape index (κ3) is 3.86. The molecule has 2 aromatic rings. The number of hydrogen-bond acceptors (Lipinski definition) is 5. The average molecular weight is 394 g/mol. The average Bonchev–Trinajstić information content (AvgIpc) is 3.35. The highest BCUT2D eigenvalue weighted by molar-refractivity contribution is 6.22. The van der Waals surface area contributed by atoms with Crippen LogP contribution in [0.1, 0.15) is 49.5 Å². The fourth-order valence-corrected chi connectivity index (χ4v) is 3.62. The summed E-state index contributed by atoms with van der Waals surface area (Å²) in [4.78, 5) is 39.0.